The lowest BCUT2D eigenvalue weighted by molar-refractivity contribution is 0.429. The number of rotatable bonds is 3. The molecule has 9 heteroatoms. The number of nitrogen functional groups attached to an aromatic ring is 1. The Morgan fingerprint density at radius 3 is 2.72 bits per heavy atom. The lowest BCUT2D eigenvalue weighted by Crippen LogP contribution is -2.15. The Morgan fingerprint density at radius 2 is 2.17 bits per heavy atom. The highest BCUT2D eigenvalue weighted by atomic mass is 35.5. The Labute approximate surface area is 108 Å². The van der Waals surface area contributed by atoms with E-state index < -0.39 is 10.0 Å². The fourth-order valence-electron chi connectivity index (χ4n) is 1.27. The summed E-state index contributed by atoms with van der Waals surface area (Å²) in [6.07, 6.45) is 0. The largest absolute Gasteiger partial charge is 0.398 e. The van der Waals surface area contributed by atoms with E-state index in [-0.39, 0.29) is 16.6 Å². The van der Waals surface area contributed by atoms with Gasteiger partial charge in [0.25, 0.3) is 10.0 Å². The van der Waals surface area contributed by atoms with Crippen LogP contribution in [0, 0.1) is 6.92 Å². The number of nitrogens with zero attached hydrogens (tertiary/aromatic N) is 2. The van der Waals surface area contributed by atoms with Gasteiger partial charge in [0.2, 0.25) is 0 Å². The minimum atomic E-state index is -3.88. The van der Waals surface area contributed by atoms with Gasteiger partial charge in [0, 0.05) is 5.02 Å². The Morgan fingerprint density at radius 1 is 1.44 bits per heavy atom. The maximum Gasteiger partial charge on any atom is 0.335 e. The first kappa shape index (κ1) is 12.7. The number of aryl methyl sites for hydroxylation is 1. The predicted molar refractivity (Wildman–Crippen MR) is 65.7 cm³/mol. The van der Waals surface area contributed by atoms with Crippen molar-refractivity contribution >= 4 is 33.3 Å². The molecule has 96 valence electrons. The van der Waals surface area contributed by atoms with Crippen molar-refractivity contribution in [3.8, 4) is 0 Å². The molecule has 1 aromatic carbocycles. The quantitative estimate of drug-likeness (QED) is 0.826. The normalized spacial score (nSPS) is 11.4. The molecule has 1 heterocycles. The maximum atomic E-state index is 12.0. The van der Waals surface area contributed by atoms with Crippen molar-refractivity contribution < 1.29 is 12.9 Å². The molecule has 1 aromatic heterocycles. The fraction of sp³-hybridized carbons (Fsp3) is 0.111. The summed E-state index contributed by atoms with van der Waals surface area (Å²) in [4.78, 5) is 3.63. The van der Waals surface area contributed by atoms with Crippen molar-refractivity contribution in [1.82, 2.24) is 10.1 Å². The van der Waals surface area contributed by atoms with Crippen molar-refractivity contribution in [2.45, 2.75) is 11.8 Å². The van der Waals surface area contributed by atoms with Gasteiger partial charge in [-0.3, -0.25) is 0 Å². The summed E-state index contributed by atoms with van der Waals surface area (Å²) in [6.45, 7) is 1.57. The van der Waals surface area contributed by atoms with Crippen molar-refractivity contribution in [3.05, 3.63) is 29.0 Å². The molecular weight excluding hydrogens is 280 g/mol. The first-order chi connectivity index (χ1) is 8.38. The van der Waals surface area contributed by atoms with Gasteiger partial charge in [-0.05, 0) is 25.1 Å². The summed E-state index contributed by atoms with van der Waals surface area (Å²) in [5, 5.41) is 3.81. The van der Waals surface area contributed by atoms with Gasteiger partial charge in [0.15, 0.2) is 5.82 Å². The van der Waals surface area contributed by atoms with E-state index in [1.54, 1.807) is 6.92 Å². The number of anilines is 2. The van der Waals surface area contributed by atoms with Gasteiger partial charge in [-0.25, -0.2) is 13.1 Å². The smallest absolute Gasteiger partial charge is 0.335 e. The number of halogens is 1. The summed E-state index contributed by atoms with van der Waals surface area (Å²) >= 11 is 5.69. The highest BCUT2D eigenvalue weighted by molar-refractivity contribution is 7.92. The number of nitrogens with one attached hydrogen (secondary N) is 1. The van der Waals surface area contributed by atoms with Crippen LogP contribution in [0.3, 0.4) is 0 Å². The number of benzene rings is 1. The zero-order valence-corrected chi connectivity index (χ0v) is 10.8. The number of sulfonamides is 1. The van der Waals surface area contributed by atoms with Crippen LogP contribution in [-0.4, -0.2) is 18.6 Å². The molecule has 0 spiro atoms. The monoisotopic (exact) mass is 288 g/mol. The topological polar surface area (TPSA) is 111 Å². The minimum absolute atomic E-state index is 0.0336. The zero-order valence-electron chi connectivity index (χ0n) is 9.21. The highest BCUT2D eigenvalue weighted by Gasteiger charge is 2.20. The first-order valence-electron chi connectivity index (χ1n) is 4.76. The molecule has 0 unspecified atom stereocenters. The fourth-order valence-corrected chi connectivity index (χ4v) is 2.49. The third-order valence-electron chi connectivity index (χ3n) is 2.01. The molecule has 18 heavy (non-hydrogen) atoms. The summed E-state index contributed by atoms with van der Waals surface area (Å²) in [5.74, 6) is 0.316. The second kappa shape index (κ2) is 4.46. The molecular formula is C9H9ClN4O3S. The van der Waals surface area contributed by atoms with Gasteiger partial charge >= 0.3 is 6.01 Å². The average Bonchev–Trinajstić information content (AvgIpc) is 2.62. The maximum absolute atomic E-state index is 12.0. The van der Waals surface area contributed by atoms with E-state index in [0.29, 0.717) is 10.8 Å². The summed E-state index contributed by atoms with van der Waals surface area (Å²) < 4.78 is 30.8. The van der Waals surface area contributed by atoms with Gasteiger partial charge < -0.3 is 10.3 Å². The number of nitrogens with two attached hydrogens (primary N) is 1. The van der Waals surface area contributed by atoms with Crippen LogP contribution in [0.2, 0.25) is 5.02 Å². The Kier molecular flexibility index (Phi) is 3.14. The lowest BCUT2D eigenvalue weighted by atomic mass is 10.3. The van der Waals surface area contributed by atoms with Crippen LogP contribution < -0.4 is 10.5 Å². The minimum Gasteiger partial charge on any atom is -0.398 e. The molecule has 7 nitrogen and oxygen atoms in total. The van der Waals surface area contributed by atoms with E-state index >= 15 is 0 Å². The van der Waals surface area contributed by atoms with Crippen LogP contribution in [0.15, 0.2) is 27.6 Å². The summed E-state index contributed by atoms with van der Waals surface area (Å²) in [7, 11) is -3.88. The highest BCUT2D eigenvalue weighted by Crippen LogP contribution is 2.24. The third-order valence-corrected chi connectivity index (χ3v) is 3.64. The van der Waals surface area contributed by atoms with Crippen molar-refractivity contribution in [2.75, 3.05) is 10.5 Å². The van der Waals surface area contributed by atoms with Gasteiger partial charge in [0.05, 0.1) is 5.69 Å². The van der Waals surface area contributed by atoms with Crippen molar-refractivity contribution in [2.24, 2.45) is 0 Å². The van der Waals surface area contributed by atoms with E-state index in [9.17, 15) is 8.42 Å². The summed E-state index contributed by atoms with van der Waals surface area (Å²) in [6, 6.07) is 3.84. The summed E-state index contributed by atoms with van der Waals surface area (Å²) in [5.41, 5.74) is 5.63. The molecule has 0 fully saturated rings. The second-order valence-corrected chi connectivity index (χ2v) is 5.52. The molecule has 3 N–H and O–H groups in total. The molecule has 2 rings (SSSR count). The van der Waals surface area contributed by atoms with Crippen LogP contribution >= 0.6 is 11.6 Å². The molecule has 2 aromatic rings. The SMILES string of the molecule is Cc1noc(NS(=O)(=O)c2ccc(Cl)cc2N)n1. The van der Waals surface area contributed by atoms with Crippen LogP contribution in [0.4, 0.5) is 11.7 Å². The van der Waals surface area contributed by atoms with E-state index in [1.165, 1.54) is 18.2 Å². The number of aromatic nitrogens is 2. The molecule has 0 radical (unpaired) electrons. The van der Waals surface area contributed by atoms with Crippen LogP contribution in [0.25, 0.3) is 0 Å². The lowest BCUT2D eigenvalue weighted by Gasteiger charge is -2.06. The molecule has 0 saturated heterocycles. The Balaban J connectivity index is 2.36. The number of hydrogen-bond donors (Lipinski definition) is 2. The molecule has 0 aliphatic rings. The number of hydrogen-bond acceptors (Lipinski definition) is 6. The van der Waals surface area contributed by atoms with Gasteiger partial charge in [-0.1, -0.05) is 16.8 Å². The van der Waals surface area contributed by atoms with Gasteiger partial charge in [0.1, 0.15) is 4.90 Å². The molecule has 0 aliphatic heterocycles. The third kappa shape index (κ3) is 2.54. The van der Waals surface area contributed by atoms with Crippen LogP contribution in [-0.2, 0) is 10.0 Å². The zero-order chi connectivity index (χ0) is 13.3. The van der Waals surface area contributed by atoms with E-state index in [2.05, 4.69) is 19.4 Å². The van der Waals surface area contributed by atoms with Crippen molar-refractivity contribution in [3.63, 3.8) is 0 Å². The first-order valence-corrected chi connectivity index (χ1v) is 6.63. The van der Waals surface area contributed by atoms with Crippen molar-refractivity contribution in [1.29, 1.82) is 0 Å². The van der Waals surface area contributed by atoms with E-state index in [0.717, 1.165) is 0 Å². The van der Waals surface area contributed by atoms with E-state index in [1.807, 2.05) is 0 Å². The van der Waals surface area contributed by atoms with Crippen LogP contribution in [0.5, 0.6) is 0 Å². The second-order valence-electron chi connectivity index (χ2n) is 3.43. The van der Waals surface area contributed by atoms with E-state index in [4.69, 9.17) is 17.3 Å². The standard InChI is InChI=1S/C9H9ClN4O3S/c1-5-12-9(17-13-5)14-18(15,16)8-3-2-6(10)4-7(8)11/h2-4H,11H2,1H3,(H,12,13,14). The van der Waals surface area contributed by atoms with Gasteiger partial charge in [-0.2, -0.15) is 4.98 Å². The molecule has 0 bridgehead atoms. The Bertz CT molecular complexity index is 683. The Hall–Kier alpha value is -1.80. The average molecular weight is 289 g/mol. The molecule has 0 saturated carbocycles. The molecule has 0 amide bonds. The predicted octanol–water partition coefficient (Wildman–Crippen LogP) is 1.41. The molecule has 0 atom stereocenters. The molecule has 0 aliphatic carbocycles. The van der Waals surface area contributed by atoms with Gasteiger partial charge in [-0.15, -0.1) is 0 Å². The van der Waals surface area contributed by atoms with Crippen LogP contribution in [0.1, 0.15) is 5.82 Å².